The molecule has 3 aromatic heterocycles. The van der Waals surface area contributed by atoms with Gasteiger partial charge in [0.2, 0.25) is 0 Å². The summed E-state index contributed by atoms with van der Waals surface area (Å²) in [5, 5.41) is 8.51. The average molecular weight is 468 g/mol. The van der Waals surface area contributed by atoms with Crippen LogP contribution >= 0.6 is 0 Å². The van der Waals surface area contributed by atoms with Crippen molar-refractivity contribution in [3.8, 4) is 0 Å². The predicted octanol–water partition coefficient (Wildman–Crippen LogP) is 3.55. The zero-order valence-electron chi connectivity index (χ0n) is 18.6. The Balaban J connectivity index is 1.56. The minimum Gasteiger partial charge on any atom is -0.276 e. The fraction of sp³-hybridized carbons (Fsp3) is 0.435. The van der Waals surface area contributed by atoms with Crippen molar-refractivity contribution < 1.29 is 18.2 Å². The van der Waals surface area contributed by atoms with Crippen molar-refractivity contribution >= 4 is 26.8 Å². The highest BCUT2D eigenvalue weighted by Gasteiger charge is 2.46. The Morgan fingerprint density at radius 3 is 2.73 bits per heavy atom. The molecule has 2 atom stereocenters. The van der Waals surface area contributed by atoms with Gasteiger partial charge in [0.1, 0.15) is 11.9 Å². The number of rotatable bonds is 4. The number of fused-ring (bicyclic) bond motifs is 3. The lowest BCUT2D eigenvalue weighted by atomic mass is 9.96. The molecule has 33 heavy (non-hydrogen) atoms. The van der Waals surface area contributed by atoms with Gasteiger partial charge in [0, 0.05) is 18.5 Å². The van der Waals surface area contributed by atoms with Crippen molar-refractivity contribution in [1.82, 2.24) is 23.6 Å². The summed E-state index contributed by atoms with van der Waals surface area (Å²) in [5.41, 5.74) is 4.14. The van der Waals surface area contributed by atoms with Crippen LogP contribution in [0.1, 0.15) is 55.3 Å². The van der Waals surface area contributed by atoms with E-state index in [9.17, 15) is 8.42 Å². The van der Waals surface area contributed by atoms with E-state index in [-0.39, 0.29) is 16.4 Å². The summed E-state index contributed by atoms with van der Waals surface area (Å²) < 4.78 is 30.5. The molecule has 1 saturated carbocycles. The third kappa shape index (κ3) is 3.12. The van der Waals surface area contributed by atoms with Gasteiger partial charge in [-0.1, -0.05) is 24.6 Å². The number of benzene rings is 1. The molecular formula is C23H25N5O4S. The van der Waals surface area contributed by atoms with E-state index in [0.717, 1.165) is 48.0 Å². The fourth-order valence-corrected chi connectivity index (χ4v) is 6.54. The summed E-state index contributed by atoms with van der Waals surface area (Å²) in [5.74, 6) is 0.0818. The van der Waals surface area contributed by atoms with E-state index < -0.39 is 10.0 Å². The van der Waals surface area contributed by atoms with Gasteiger partial charge in [0.05, 0.1) is 22.7 Å². The normalized spacial score (nSPS) is 23.4. The van der Waals surface area contributed by atoms with Crippen molar-refractivity contribution in [3.63, 3.8) is 0 Å². The van der Waals surface area contributed by atoms with Crippen molar-refractivity contribution in [1.29, 1.82) is 0 Å². The summed E-state index contributed by atoms with van der Waals surface area (Å²) >= 11 is 0. The maximum Gasteiger partial charge on any atom is 0.269 e. The quantitative estimate of drug-likeness (QED) is 0.423. The first-order chi connectivity index (χ1) is 15.9. The minimum absolute atomic E-state index is 0.0818. The number of hydrogen-bond acceptors (Lipinski definition) is 7. The van der Waals surface area contributed by atoms with E-state index in [4.69, 9.17) is 14.8 Å². The molecule has 4 aromatic rings. The molecule has 9 nitrogen and oxygen atoms in total. The van der Waals surface area contributed by atoms with Gasteiger partial charge in [-0.05, 0) is 50.3 Å². The zero-order valence-corrected chi connectivity index (χ0v) is 19.4. The van der Waals surface area contributed by atoms with Crippen molar-refractivity contribution in [3.05, 3.63) is 53.6 Å². The lowest BCUT2D eigenvalue weighted by molar-refractivity contribution is -0.307. The summed E-state index contributed by atoms with van der Waals surface area (Å²) in [4.78, 5) is 16.0. The Hall–Kier alpha value is -2.82. The summed E-state index contributed by atoms with van der Waals surface area (Å²) in [6.07, 6.45) is 7.34. The second-order valence-corrected chi connectivity index (χ2v) is 10.9. The predicted molar refractivity (Wildman–Crippen MR) is 120 cm³/mol. The Labute approximate surface area is 191 Å². The smallest absolute Gasteiger partial charge is 0.269 e. The molecular weight excluding hydrogens is 442 g/mol. The molecule has 2 unspecified atom stereocenters. The highest BCUT2D eigenvalue weighted by atomic mass is 32.2. The van der Waals surface area contributed by atoms with Crippen LogP contribution in [0.5, 0.6) is 0 Å². The standard InChI is InChI=1S/C23H25N5O4S/c1-3-16-13-28(33(29,30)18-6-4-15(2)5-7-18)22-20(16)27-14-24-26-21(27)19(25-22)17-8-9-23(12-17)10-11-31-32-23/h4-7,13-14,17H,3,8-12H2,1-2H3. The lowest BCUT2D eigenvalue weighted by Crippen LogP contribution is -2.23. The maximum atomic E-state index is 13.6. The highest BCUT2D eigenvalue weighted by Crippen LogP contribution is 2.47. The van der Waals surface area contributed by atoms with Crippen molar-refractivity contribution in [2.75, 3.05) is 6.61 Å². The highest BCUT2D eigenvalue weighted by molar-refractivity contribution is 7.90. The van der Waals surface area contributed by atoms with E-state index in [1.165, 1.54) is 3.97 Å². The maximum absolute atomic E-state index is 13.6. The zero-order chi connectivity index (χ0) is 22.8. The van der Waals surface area contributed by atoms with Crippen LogP contribution in [0.25, 0.3) is 16.8 Å². The average Bonchev–Trinajstić information content (AvgIpc) is 3.60. The van der Waals surface area contributed by atoms with Crippen LogP contribution in [0.3, 0.4) is 0 Å². The third-order valence-electron chi connectivity index (χ3n) is 7.03. The van der Waals surface area contributed by atoms with Crippen LogP contribution in [0.2, 0.25) is 0 Å². The topological polar surface area (TPSA) is 101 Å². The molecule has 0 bridgehead atoms. The second-order valence-electron chi connectivity index (χ2n) is 9.09. The van der Waals surface area contributed by atoms with E-state index >= 15 is 0 Å². The van der Waals surface area contributed by atoms with Crippen molar-refractivity contribution in [2.24, 2.45) is 0 Å². The molecule has 1 aliphatic carbocycles. The molecule has 0 radical (unpaired) electrons. The molecule has 172 valence electrons. The van der Waals surface area contributed by atoms with Crippen molar-refractivity contribution in [2.45, 2.75) is 62.4 Å². The van der Waals surface area contributed by atoms with Crippen LogP contribution in [0.15, 0.2) is 41.7 Å². The Morgan fingerprint density at radius 2 is 2.00 bits per heavy atom. The summed E-state index contributed by atoms with van der Waals surface area (Å²) in [6.45, 7) is 4.53. The Kier molecular flexibility index (Phi) is 4.62. The molecule has 0 N–H and O–H groups in total. The minimum atomic E-state index is -3.83. The van der Waals surface area contributed by atoms with Gasteiger partial charge in [0.15, 0.2) is 11.3 Å². The number of aromatic nitrogens is 5. The van der Waals surface area contributed by atoms with Gasteiger partial charge in [0.25, 0.3) is 10.0 Å². The molecule has 1 saturated heterocycles. The molecule has 2 aliphatic rings. The van der Waals surface area contributed by atoms with Crippen LogP contribution < -0.4 is 0 Å². The first-order valence-electron chi connectivity index (χ1n) is 11.3. The fourth-order valence-electron chi connectivity index (χ4n) is 5.22. The Bertz CT molecular complexity index is 1470. The lowest BCUT2D eigenvalue weighted by Gasteiger charge is -2.19. The van der Waals surface area contributed by atoms with E-state index in [1.807, 2.05) is 18.2 Å². The molecule has 0 amide bonds. The summed E-state index contributed by atoms with van der Waals surface area (Å²) in [6, 6.07) is 6.88. The largest absolute Gasteiger partial charge is 0.276 e. The molecule has 4 heterocycles. The van der Waals surface area contributed by atoms with Gasteiger partial charge in [-0.3, -0.25) is 4.40 Å². The van der Waals surface area contributed by atoms with Crippen LogP contribution in [0.4, 0.5) is 0 Å². The first kappa shape index (κ1) is 20.8. The molecule has 6 rings (SSSR count). The number of hydrogen-bond donors (Lipinski definition) is 0. The van der Waals surface area contributed by atoms with E-state index in [0.29, 0.717) is 24.3 Å². The third-order valence-corrected chi connectivity index (χ3v) is 8.69. The van der Waals surface area contributed by atoms with E-state index in [2.05, 4.69) is 10.2 Å². The van der Waals surface area contributed by atoms with Crippen LogP contribution in [-0.4, -0.2) is 44.2 Å². The molecule has 1 aromatic carbocycles. The summed E-state index contributed by atoms with van der Waals surface area (Å²) in [7, 11) is -3.83. The molecule has 10 heteroatoms. The van der Waals surface area contributed by atoms with Crippen LogP contribution in [0, 0.1) is 6.92 Å². The van der Waals surface area contributed by atoms with Gasteiger partial charge in [-0.15, -0.1) is 10.2 Å². The van der Waals surface area contributed by atoms with Gasteiger partial charge in [-0.2, -0.15) is 0 Å². The van der Waals surface area contributed by atoms with Gasteiger partial charge >= 0.3 is 0 Å². The van der Waals surface area contributed by atoms with Gasteiger partial charge < -0.3 is 0 Å². The second kappa shape index (κ2) is 7.34. The Morgan fingerprint density at radius 1 is 1.18 bits per heavy atom. The number of aryl methyl sites for hydroxylation is 2. The van der Waals surface area contributed by atoms with Gasteiger partial charge in [-0.25, -0.2) is 27.1 Å². The van der Waals surface area contributed by atoms with E-state index in [1.54, 1.807) is 36.8 Å². The van der Waals surface area contributed by atoms with Crippen LogP contribution in [-0.2, 0) is 26.2 Å². The monoisotopic (exact) mass is 467 g/mol. The first-order valence-corrected chi connectivity index (χ1v) is 12.7. The number of nitrogens with zero attached hydrogens (tertiary/aromatic N) is 5. The SMILES string of the molecule is CCc1cn(S(=O)(=O)c2ccc(C)cc2)c2nc(C3CCC4(CCOO4)C3)c3nncn3c12. The molecule has 2 fully saturated rings. The molecule has 1 aliphatic heterocycles. The molecule has 1 spiro atoms.